The van der Waals surface area contributed by atoms with Crippen LogP contribution in [0.2, 0.25) is 0 Å². The van der Waals surface area contributed by atoms with E-state index in [2.05, 4.69) is 11.8 Å². The molecular weight excluding hydrogens is 281 g/mol. The monoisotopic (exact) mass is 298 g/mol. The highest BCUT2D eigenvalue weighted by molar-refractivity contribution is 8.00. The molecule has 0 heterocycles. The SMILES string of the molecule is Cc1cccc(SC(F)(F)F)c1C#CC1CCCCC1. The van der Waals surface area contributed by atoms with Gasteiger partial charge in [0, 0.05) is 16.4 Å². The van der Waals surface area contributed by atoms with Crippen molar-refractivity contribution in [3.05, 3.63) is 29.3 Å². The number of rotatable bonds is 1. The molecule has 0 N–H and O–H groups in total. The quantitative estimate of drug-likeness (QED) is 0.484. The zero-order chi connectivity index (χ0) is 14.6. The molecule has 0 nitrogen and oxygen atoms in total. The third-order valence-electron chi connectivity index (χ3n) is 3.47. The van der Waals surface area contributed by atoms with Gasteiger partial charge in [0.2, 0.25) is 0 Å². The predicted octanol–water partition coefficient (Wildman–Crippen LogP) is 5.54. The molecule has 0 spiro atoms. The summed E-state index contributed by atoms with van der Waals surface area (Å²) in [5.41, 5.74) is -2.93. The molecule has 2 rings (SSSR count). The van der Waals surface area contributed by atoms with Crippen molar-refractivity contribution < 1.29 is 13.2 Å². The van der Waals surface area contributed by atoms with Crippen molar-refractivity contribution in [3.63, 3.8) is 0 Å². The van der Waals surface area contributed by atoms with Crippen molar-refractivity contribution in [2.24, 2.45) is 5.92 Å². The second kappa shape index (κ2) is 6.58. The van der Waals surface area contributed by atoms with Gasteiger partial charge in [0.05, 0.1) is 0 Å². The summed E-state index contributed by atoms with van der Waals surface area (Å²) < 4.78 is 37.7. The van der Waals surface area contributed by atoms with E-state index in [-0.39, 0.29) is 16.7 Å². The van der Waals surface area contributed by atoms with Crippen LogP contribution in [0.1, 0.15) is 43.2 Å². The number of alkyl halides is 3. The van der Waals surface area contributed by atoms with Crippen LogP contribution in [-0.4, -0.2) is 5.51 Å². The second-order valence-electron chi connectivity index (χ2n) is 5.10. The van der Waals surface area contributed by atoms with Gasteiger partial charge in [0.25, 0.3) is 0 Å². The van der Waals surface area contributed by atoms with Crippen LogP contribution in [-0.2, 0) is 0 Å². The topological polar surface area (TPSA) is 0 Å². The minimum Gasteiger partial charge on any atom is -0.160 e. The summed E-state index contributed by atoms with van der Waals surface area (Å²) >= 11 is -0.0744. The average Bonchev–Trinajstić information content (AvgIpc) is 2.37. The summed E-state index contributed by atoms with van der Waals surface area (Å²) in [4.78, 5) is 0.209. The Balaban J connectivity index is 2.23. The maximum atomic E-state index is 12.6. The fourth-order valence-corrected chi connectivity index (χ4v) is 3.14. The van der Waals surface area contributed by atoms with E-state index in [9.17, 15) is 13.2 Å². The van der Waals surface area contributed by atoms with E-state index >= 15 is 0 Å². The van der Waals surface area contributed by atoms with Gasteiger partial charge in [-0.15, -0.1) is 0 Å². The third-order valence-corrected chi connectivity index (χ3v) is 4.26. The number of hydrogen-bond acceptors (Lipinski definition) is 1. The maximum Gasteiger partial charge on any atom is 0.446 e. The van der Waals surface area contributed by atoms with Gasteiger partial charge < -0.3 is 0 Å². The molecule has 108 valence electrons. The summed E-state index contributed by atoms with van der Waals surface area (Å²) in [6, 6.07) is 4.95. The Kier molecular flexibility index (Phi) is 5.04. The number of benzene rings is 1. The minimum absolute atomic E-state index is 0.0744. The van der Waals surface area contributed by atoms with Crippen LogP contribution in [0.15, 0.2) is 23.1 Å². The Morgan fingerprint density at radius 1 is 1.15 bits per heavy atom. The normalized spacial score (nSPS) is 16.6. The highest BCUT2D eigenvalue weighted by Crippen LogP contribution is 2.39. The van der Waals surface area contributed by atoms with E-state index in [4.69, 9.17) is 0 Å². The predicted molar refractivity (Wildman–Crippen MR) is 76.5 cm³/mol. The lowest BCUT2D eigenvalue weighted by molar-refractivity contribution is -0.0328. The molecule has 1 aromatic carbocycles. The number of hydrogen-bond donors (Lipinski definition) is 0. The van der Waals surface area contributed by atoms with Gasteiger partial charge in [0.15, 0.2) is 0 Å². The van der Waals surface area contributed by atoms with Crippen LogP contribution in [0, 0.1) is 24.7 Å². The zero-order valence-corrected chi connectivity index (χ0v) is 12.2. The molecule has 0 atom stereocenters. The van der Waals surface area contributed by atoms with Gasteiger partial charge in [-0.1, -0.05) is 43.2 Å². The number of aryl methyl sites for hydroxylation is 1. The van der Waals surface area contributed by atoms with Crippen molar-refractivity contribution in [1.29, 1.82) is 0 Å². The van der Waals surface area contributed by atoms with E-state index in [1.807, 2.05) is 13.0 Å². The van der Waals surface area contributed by atoms with Crippen LogP contribution in [0.4, 0.5) is 13.2 Å². The molecule has 1 fully saturated rings. The van der Waals surface area contributed by atoms with Crippen molar-refractivity contribution in [2.75, 3.05) is 0 Å². The fraction of sp³-hybridized carbons (Fsp3) is 0.500. The van der Waals surface area contributed by atoms with E-state index in [1.165, 1.54) is 25.3 Å². The van der Waals surface area contributed by atoms with Crippen LogP contribution >= 0.6 is 11.8 Å². The summed E-state index contributed by atoms with van der Waals surface area (Å²) in [6.07, 6.45) is 5.74. The first-order valence-electron chi connectivity index (χ1n) is 6.82. The van der Waals surface area contributed by atoms with Gasteiger partial charge in [-0.25, -0.2) is 0 Å². The lowest BCUT2D eigenvalue weighted by Gasteiger charge is -2.16. The summed E-state index contributed by atoms with van der Waals surface area (Å²) in [5, 5.41) is 0. The molecule has 0 bridgehead atoms. The molecule has 4 heteroatoms. The minimum atomic E-state index is -4.27. The molecule has 0 aliphatic heterocycles. The largest absolute Gasteiger partial charge is 0.446 e. The Hall–Kier alpha value is -1.08. The highest BCUT2D eigenvalue weighted by Gasteiger charge is 2.30. The first kappa shape index (κ1) is 15.3. The molecule has 0 aromatic heterocycles. The molecule has 0 amide bonds. The Morgan fingerprint density at radius 2 is 1.85 bits per heavy atom. The van der Waals surface area contributed by atoms with Gasteiger partial charge in [0.1, 0.15) is 0 Å². The molecular formula is C16H17F3S. The van der Waals surface area contributed by atoms with Crippen LogP contribution in [0.5, 0.6) is 0 Å². The summed E-state index contributed by atoms with van der Waals surface area (Å²) in [7, 11) is 0. The zero-order valence-electron chi connectivity index (χ0n) is 11.4. The molecule has 1 saturated carbocycles. The molecule has 0 radical (unpaired) electrons. The summed E-state index contributed by atoms with van der Waals surface area (Å²) in [5.74, 6) is 6.52. The van der Waals surface area contributed by atoms with Gasteiger partial charge in [-0.2, -0.15) is 13.2 Å². The molecule has 0 saturated heterocycles. The fourth-order valence-electron chi connectivity index (χ4n) is 2.43. The molecule has 1 aliphatic carbocycles. The van der Waals surface area contributed by atoms with Crippen LogP contribution in [0.25, 0.3) is 0 Å². The number of halogens is 3. The third kappa shape index (κ3) is 4.49. The summed E-state index contributed by atoms with van der Waals surface area (Å²) in [6.45, 7) is 1.81. The smallest absolute Gasteiger partial charge is 0.160 e. The Morgan fingerprint density at radius 3 is 2.50 bits per heavy atom. The van der Waals surface area contributed by atoms with Crippen molar-refractivity contribution in [3.8, 4) is 11.8 Å². The van der Waals surface area contributed by atoms with Gasteiger partial charge in [-0.3, -0.25) is 0 Å². The van der Waals surface area contributed by atoms with E-state index < -0.39 is 5.51 Å². The average molecular weight is 298 g/mol. The van der Waals surface area contributed by atoms with Crippen LogP contribution in [0.3, 0.4) is 0 Å². The molecule has 0 unspecified atom stereocenters. The second-order valence-corrected chi connectivity index (χ2v) is 6.21. The van der Waals surface area contributed by atoms with Crippen molar-refractivity contribution >= 4 is 11.8 Å². The molecule has 20 heavy (non-hydrogen) atoms. The van der Waals surface area contributed by atoms with Crippen LogP contribution < -0.4 is 0 Å². The molecule has 1 aliphatic rings. The van der Waals surface area contributed by atoms with Gasteiger partial charge >= 0.3 is 5.51 Å². The lowest BCUT2D eigenvalue weighted by atomic mass is 9.89. The molecule has 1 aromatic rings. The maximum absolute atomic E-state index is 12.6. The van der Waals surface area contributed by atoms with Crippen molar-refractivity contribution in [1.82, 2.24) is 0 Å². The lowest BCUT2D eigenvalue weighted by Crippen LogP contribution is -2.04. The van der Waals surface area contributed by atoms with E-state index in [1.54, 1.807) is 6.07 Å². The van der Waals surface area contributed by atoms with Gasteiger partial charge in [-0.05, 0) is 43.2 Å². The number of thioether (sulfide) groups is 1. The Bertz CT molecular complexity index is 517. The van der Waals surface area contributed by atoms with Crippen molar-refractivity contribution in [2.45, 2.75) is 49.4 Å². The standard InChI is InChI=1S/C16H17F3S/c1-12-6-5-9-15(20-16(17,18)19)14(12)11-10-13-7-3-2-4-8-13/h5-6,9,13H,2-4,7-8H2,1H3. The van der Waals surface area contributed by atoms with E-state index in [0.717, 1.165) is 18.4 Å². The highest BCUT2D eigenvalue weighted by atomic mass is 32.2. The first-order chi connectivity index (χ1) is 9.46. The first-order valence-corrected chi connectivity index (χ1v) is 7.64. The Labute approximate surface area is 122 Å². The van der Waals surface area contributed by atoms with E-state index in [0.29, 0.717) is 11.5 Å².